The molecule has 12 heteroatoms. The van der Waals surface area contributed by atoms with Crippen LogP contribution in [0.15, 0.2) is 15.8 Å². The lowest BCUT2D eigenvalue weighted by Gasteiger charge is -2.47. The fourth-order valence-corrected chi connectivity index (χ4v) is 5.98. The van der Waals surface area contributed by atoms with Crippen molar-refractivity contribution >= 4 is 7.60 Å². The van der Waals surface area contributed by atoms with Gasteiger partial charge in [-0.1, -0.05) is 27.7 Å². The molecule has 1 fully saturated rings. The Balaban J connectivity index is 2.40. The molecule has 7 unspecified atom stereocenters. The van der Waals surface area contributed by atoms with E-state index < -0.39 is 60.2 Å². The maximum Gasteiger partial charge on any atom is 0.359 e. The highest BCUT2D eigenvalue weighted by molar-refractivity contribution is 7.54. The molecule has 7 atom stereocenters. The Morgan fingerprint density at radius 3 is 2.33 bits per heavy atom. The van der Waals surface area contributed by atoms with E-state index in [0.717, 1.165) is 4.57 Å². The van der Waals surface area contributed by atoms with Crippen LogP contribution in [0.1, 0.15) is 72.1 Å². The third-order valence-electron chi connectivity index (χ3n) is 7.06. The van der Waals surface area contributed by atoms with Crippen LogP contribution in [-0.2, 0) is 13.8 Å². The van der Waals surface area contributed by atoms with E-state index in [-0.39, 0.29) is 31.2 Å². The first-order valence-corrected chi connectivity index (χ1v) is 12.8. The molecule has 0 saturated carbocycles. The summed E-state index contributed by atoms with van der Waals surface area (Å²) in [6.07, 6.45) is -3.17. The fraction of sp³-hybridized carbons (Fsp3) is 0.810. The molecule has 0 aliphatic carbocycles. The minimum absolute atomic E-state index is 0.0107. The van der Waals surface area contributed by atoms with E-state index in [1.54, 1.807) is 34.6 Å². The Bertz CT molecular complexity index is 989. The van der Waals surface area contributed by atoms with Gasteiger partial charge in [-0.15, -0.1) is 0 Å². The van der Waals surface area contributed by atoms with Crippen LogP contribution in [0.4, 0.5) is 0 Å². The van der Waals surface area contributed by atoms with Crippen LogP contribution in [0.3, 0.4) is 0 Å². The summed E-state index contributed by atoms with van der Waals surface area (Å²) in [4.78, 5) is 36.9. The van der Waals surface area contributed by atoms with Gasteiger partial charge in [0.25, 0.3) is 5.56 Å². The van der Waals surface area contributed by atoms with Crippen LogP contribution in [-0.4, -0.2) is 59.0 Å². The third-order valence-corrected chi connectivity index (χ3v) is 9.41. The Labute approximate surface area is 192 Å². The van der Waals surface area contributed by atoms with E-state index in [1.807, 2.05) is 0 Å². The second-order valence-electron chi connectivity index (χ2n) is 9.10. The van der Waals surface area contributed by atoms with Crippen molar-refractivity contribution in [2.45, 2.75) is 103 Å². The standard InChI is InChI=1S/C21H37N2O9P/c1-7-20(6,32-33(29,30)21(28,8-2)9-3)13(5)16-14(24)10-15(25)18(31-16)23-11-12(4)17(26)22-19(23)27/h11,13-16,18,24-25,28H,7-10H2,1-6H3,(H,29,30)(H,22,26,27). The third kappa shape index (κ3) is 5.35. The summed E-state index contributed by atoms with van der Waals surface area (Å²) in [7, 11) is -4.51. The van der Waals surface area contributed by atoms with Crippen molar-refractivity contribution in [2.24, 2.45) is 5.92 Å². The molecule has 11 nitrogen and oxygen atoms in total. The lowest BCUT2D eigenvalue weighted by Crippen LogP contribution is -2.55. The number of aliphatic hydroxyl groups excluding tert-OH is 2. The molecule has 1 saturated heterocycles. The summed E-state index contributed by atoms with van der Waals surface area (Å²) in [5, 5.41) is 29.9. The number of ether oxygens (including phenoxy) is 1. The van der Waals surface area contributed by atoms with Gasteiger partial charge in [0.1, 0.15) is 6.10 Å². The van der Waals surface area contributed by atoms with E-state index in [0.29, 0.717) is 0 Å². The molecule has 1 aliphatic heterocycles. The number of aryl methyl sites for hydroxylation is 1. The summed E-state index contributed by atoms with van der Waals surface area (Å²) in [5.41, 5.74) is -2.39. The highest BCUT2D eigenvalue weighted by Gasteiger charge is 2.52. The SMILES string of the molecule is CCC(C)(OP(=O)(O)C(O)(CC)CC)C(C)C1OC(n2cc(C)c(=O)[nH]c2=O)C(O)CC1O. The Morgan fingerprint density at radius 1 is 1.24 bits per heavy atom. The lowest BCUT2D eigenvalue weighted by molar-refractivity contribution is -0.228. The number of nitrogens with one attached hydrogen (secondary N) is 1. The zero-order valence-corrected chi connectivity index (χ0v) is 20.9. The summed E-state index contributed by atoms with van der Waals surface area (Å²) in [5.74, 6) is -0.689. The van der Waals surface area contributed by atoms with Crippen LogP contribution < -0.4 is 11.2 Å². The first kappa shape index (κ1) is 27.9. The molecule has 33 heavy (non-hydrogen) atoms. The highest BCUT2D eigenvalue weighted by Crippen LogP contribution is 2.61. The molecular weight excluding hydrogens is 455 g/mol. The number of rotatable bonds is 9. The van der Waals surface area contributed by atoms with Crippen LogP contribution in [0, 0.1) is 12.8 Å². The average Bonchev–Trinajstić information content (AvgIpc) is 2.75. The van der Waals surface area contributed by atoms with Gasteiger partial charge in [0, 0.05) is 24.1 Å². The van der Waals surface area contributed by atoms with E-state index in [4.69, 9.17) is 9.26 Å². The zero-order chi connectivity index (χ0) is 25.4. The van der Waals surface area contributed by atoms with Crippen molar-refractivity contribution in [3.8, 4) is 0 Å². The van der Waals surface area contributed by atoms with Gasteiger partial charge in [-0.3, -0.25) is 23.4 Å². The quantitative estimate of drug-likeness (QED) is 0.319. The summed E-state index contributed by atoms with van der Waals surface area (Å²) >= 11 is 0. The first-order valence-electron chi connectivity index (χ1n) is 11.3. The summed E-state index contributed by atoms with van der Waals surface area (Å²) in [6.45, 7) is 9.69. The normalized spacial score (nSPS) is 28.7. The number of hydrogen-bond acceptors (Lipinski definition) is 8. The zero-order valence-electron chi connectivity index (χ0n) is 20.0. The van der Waals surface area contributed by atoms with Crippen molar-refractivity contribution in [1.29, 1.82) is 0 Å². The van der Waals surface area contributed by atoms with Gasteiger partial charge in [0.2, 0.25) is 0 Å². The van der Waals surface area contributed by atoms with Gasteiger partial charge in [-0.05, 0) is 33.1 Å². The minimum atomic E-state index is -4.51. The molecule has 5 N–H and O–H groups in total. The number of nitrogens with zero attached hydrogens (tertiary/aromatic N) is 1. The minimum Gasteiger partial charge on any atom is -0.390 e. The molecule has 2 rings (SSSR count). The van der Waals surface area contributed by atoms with Gasteiger partial charge in [-0.25, -0.2) is 4.79 Å². The number of aliphatic hydroxyl groups is 3. The predicted octanol–water partition coefficient (Wildman–Crippen LogP) is 1.37. The first-order chi connectivity index (χ1) is 15.2. The largest absolute Gasteiger partial charge is 0.390 e. The number of H-pyrrole nitrogens is 1. The lowest BCUT2D eigenvalue weighted by atomic mass is 9.80. The van der Waals surface area contributed by atoms with Gasteiger partial charge in [-0.2, -0.15) is 0 Å². The molecule has 0 spiro atoms. The number of hydrogen-bond donors (Lipinski definition) is 5. The summed E-state index contributed by atoms with van der Waals surface area (Å²) in [6, 6.07) is 0. The molecule has 190 valence electrons. The van der Waals surface area contributed by atoms with Gasteiger partial charge < -0.3 is 24.9 Å². The van der Waals surface area contributed by atoms with Gasteiger partial charge >= 0.3 is 13.3 Å². The van der Waals surface area contributed by atoms with Gasteiger partial charge in [0.05, 0.1) is 17.8 Å². The van der Waals surface area contributed by atoms with E-state index in [2.05, 4.69) is 4.98 Å². The highest BCUT2D eigenvalue weighted by atomic mass is 31.2. The van der Waals surface area contributed by atoms with Crippen LogP contribution in [0.2, 0.25) is 0 Å². The number of aromatic amines is 1. The maximum absolute atomic E-state index is 13.1. The average molecular weight is 493 g/mol. The molecular formula is C21H37N2O9P. The predicted molar refractivity (Wildman–Crippen MR) is 121 cm³/mol. The molecule has 0 aromatic carbocycles. The molecule has 1 aliphatic rings. The van der Waals surface area contributed by atoms with Crippen molar-refractivity contribution in [2.75, 3.05) is 0 Å². The van der Waals surface area contributed by atoms with Crippen LogP contribution >= 0.6 is 7.60 Å². The smallest absolute Gasteiger partial charge is 0.359 e. The second kappa shape index (κ2) is 10.1. The molecule has 0 bridgehead atoms. The molecule has 0 amide bonds. The molecule has 1 aromatic rings. The summed E-state index contributed by atoms with van der Waals surface area (Å²) < 4.78 is 25.8. The number of aromatic nitrogens is 2. The van der Waals surface area contributed by atoms with Gasteiger partial charge in [0.15, 0.2) is 11.6 Å². The van der Waals surface area contributed by atoms with Crippen molar-refractivity contribution < 1.29 is 34.0 Å². The Hall–Kier alpha value is -1.33. The fourth-order valence-electron chi connectivity index (χ4n) is 4.15. The van der Waals surface area contributed by atoms with Crippen molar-refractivity contribution in [3.63, 3.8) is 0 Å². The van der Waals surface area contributed by atoms with Crippen molar-refractivity contribution in [1.82, 2.24) is 9.55 Å². The molecule has 1 aromatic heterocycles. The Kier molecular flexibility index (Phi) is 8.55. The van der Waals surface area contributed by atoms with Crippen molar-refractivity contribution in [3.05, 3.63) is 32.6 Å². The van der Waals surface area contributed by atoms with E-state index in [9.17, 15) is 34.4 Å². The molecule has 0 radical (unpaired) electrons. The van der Waals surface area contributed by atoms with E-state index in [1.165, 1.54) is 13.1 Å². The van der Waals surface area contributed by atoms with Crippen LogP contribution in [0.5, 0.6) is 0 Å². The van der Waals surface area contributed by atoms with Crippen LogP contribution in [0.25, 0.3) is 0 Å². The second-order valence-corrected chi connectivity index (χ2v) is 11.2. The maximum atomic E-state index is 13.1. The Morgan fingerprint density at radius 2 is 1.82 bits per heavy atom. The monoisotopic (exact) mass is 492 g/mol. The van der Waals surface area contributed by atoms with E-state index >= 15 is 0 Å². The topological polar surface area (TPSA) is 171 Å². The molecule has 2 heterocycles.